The van der Waals surface area contributed by atoms with E-state index in [9.17, 15) is 9.59 Å². The highest BCUT2D eigenvalue weighted by atomic mass is 16.2. The molecule has 1 aliphatic rings. The lowest BCUT2D eigenvalue weighted by atomic mass is 10.0. The van der Waals surface area contributed by atoms with E-state index in [1.807, 2.05) is 70.2 Å². The fraction of sp³-hybridized carbons (Fsp3) is 0.364. The number of anilines is 2. The Kier molecular flexibility index (Phi) is 4.86. The molecule has 1 aliphatic carbocycles. The van der Waals surface area contributed by atoms with Crippen molar-refractivity contribution in [2.75, 3.05) is 16.8 Å². The van der Waals surface area contributed by atoms with Gasteiger partial charge in [-0.05, 0) is 75.4 Å². The van der Waals surface area contributed by atoms with Gasteiger partial charge in [-0.3, -0.25) is 9.59 Å². The van der Waals surface area contributed by atoms with Crippen molar-refractivity contribution in [3.63, 3.8) is 0 Å². The predicted molar refractivity (Wildman–Crippen MR) is 105 cm³/mol. The standard InChI is InChI=1S/C22H26N2O2/c1-5-24(18-8-6-7-15(2)13-18)21(26)22(11-12-22)20(25)23-19-14-16(3)9-10-17(19)4/h6-10,13-14H,5,11-12H2,1-4H3,(H,23,25). The second kappa shape index (κ2) is 6.94. The predicted octanol–water partition coefficient (Wildman–Crippen LogP) is 4.38. The van der Waals surface area contributed by atoms with Gasteiger partial charge in [0.15, 0.2) is 0 Å². The number of hydrogen-bond donors (Lipinski definition) is 1. The number of aryl methyl sites for hydroxylation is 3. The first-order valence-electron chi connectivity index (χ1n) is 9.15. The maximum atomic E-state index is 13.2. The number of rotatable bonds is 5. The average Bonchev–Trinajstić information content (AvgIpc) is 3.41. The van der Waals surface area contributed by atoms with Crippen molar-refractivity contribution < 1.29 is 9.59 Å². The lowest BCUT2D eigenvalue weighted by molar-refractivity contribution is -0.132. The molecular formula is C22H26N2O2. The summed E-state index contributed by atoms with van der Waals surface area (Å²) in [7, 11) is 0. The van der Waals surface area contributed by atoms with Crippen molar-refractivity contribution in [2.24, 2.45) is 5.41 Å². The monoisotopic (exact) mass is 350 g/mol. The molecule has 0 spiro atoms. The third-order valence-corrected chi connectivity index (χ3v) is 5.11. The summed E-state index contributed by atoms with van der Waals surface area (Å²) in [6.07, 6.45) is 1.20. The van der Waals surface area contributed by atoms with Crippen LogP contribution in [-0.2, 0) is 9.59 Å². The number of nitrogens with zero attached hydrogens (tertiary/aromatic N) is 1. The molecule has 26 heavy (non-hydrogen) atoms. The fourth-order valence-electron chi connectivity index (χ4n) is 3.27. The Hall–Kier alpha value is -2.62. The summed E-state index contributed by atoms with van der Waals surface area (Å²) >= 11 is 0. The Morgan fingerprint density at radius 3 is 2.35 bits per heavy atom. The molecule has 3 rings (SSSR count). The molecule has 0 radical (unpaired) electrons. The van der Waals surface area contributed by atoms with Gasteiger partial charge in [0.25, 0.3) is 0 Å². The van der Waals surface area contributed by atoms with Gasteiger partial charge in [0, 0.05) is 17.9 Å². The van der Waals surface area contributed by atoms with Gasteiger partial charge in [-0.2, -0.15) is 0 Å². The molecular weight excluding hydrogens is 324 g/mol. The van der Waals surface area contributed by atoms with Crippen molar-refractivity contribution in [1.82, 2.24) is 0 Å². The van der Waals surface area contributed by atoms with Crippen LogP contribution in [0.3, 0.4) is 0 Å². The smallest absolute Gasteiger partial charge is 0.242 e. The van der Waals surface area contributed by atoms with Gasteiger partial charge in [0.1, 0.15) is 5.41 Å². The molecule has 0 atom stereocenters. The second-order valence-electron chi connectivity index (χ2n) is 7.24. The molecule has 136 valence electrons. The van der Waals surface area contributed by atoms with Crippen molar-refractivity contribution in [1.29, 1.82) is 0 Å². The summed E-state index contributed by atoms with van der Waals surface area (Å²) in [5.74, 6) is -0.296. The molecule has 4 nitrogen and oxygen atoms in total. The van der Waals surface area contributed by atoms with Gasteiger partial charge >= 0.3 is 0 Å². The van der Waals surface area contributed by atoms with E-state index in [1.54, 1.807) is 4.90 Å². The topological polar surface area (TPSA) is 49.4 Å². The van der Waals surface area contributed by atoms with Crippen LogP contribution < -0.4 is 10.2 Å². The molecule has 2 aromatic carbocycles. The van der Waals surface area contributed by atoms with E-state index in [-0.39, 0.29) is 11.8 Å². The number of hydrogen-bond acceptors (Lipinski definition) is 2. The number of nitrogens with one attached hydrogen (secondary N) is 1. The molecule has 0 bridgehead atoms. The van der Waals surface area contributed by atoms with Gasteiger partial charge in [-0.1, -0.05) is 24.3 Å². The van der Waals surface area contributed by atoms with Crippen LogP contribution in [0.4, 0.5) is 11.4 Å². The minimum Gasteiger partial charge on any atom is -0.325 e. The lowest BCUT2D eigenvalue weighted by Gasteiger charge is -2.26. The minimum atomic E-state index is -0.935. The van der Waals surface area contributed by atoms with Crippen LogP contribution in [0.1, 0.15) is 36.5 Å². The summed E-state index contributed by atoms with van der Waals surface area (Å²) in [5, 5.41) is 2.99. The molecule has 0 aromatic heterocycles. The Morgan fingerprint density at radius 1 is 1.04 bits per heavy atom. The summed E-state index contributed by atoms with van der Waals surface area (Å²) in [6.45, 7) is 8.44. The van der Waals surface area contributed by atoms with Crippen LogP contribution >= 0.6 is 0 Å². The number of benzene rings is 2. The van der Waals surface area contributed by atoms with Crippen LogP contribution in [0.2, 0.25) is 0 Å². The third-order valence-electron chi connectivity index (χ3n) is 5.11. The van der Waals surface area contributed by atoms with E-state index in [0.717, 1.165) is 28.1 Å². The van der Waals surface area contributed by atoms with E-state index < -0.39 is 5.41 Å². The molecule has 2 aromatic rings. The highest BCUT2D eigenvalue weighted by molar-refractivity contribution is 6.17. The summed E-state index contributed by atoms with van der Waals surface area (Å²) in [5.41, 5.74) is 3.88. The molecule has 0 saturated heterocycles. The Bertz CT molecular complexity index is 853. The molecule has 2 amide bonds. The van der Waals surface area contributed by atoms with Crippen LogP contribution in [0.5, 0.6) is 0 Å². The first-order valence-corrected chi connectivity index (χ1v) is 9.15. The Labute approximate surface area is 155 Å². The molecule has 4 heteroatoms. The third kappa shape index (κ3) is 3.36. The van der Waals surface area contributed by atoms with E-state index in [0.29, 0.717) is 19.4 Å². The van der Waals surface area contributed by atoms with Gasteiger partial charge in [0.2, 0.25) is 11.8 Å². The van der Waals surface area contributed by atoms with Crippen molar-refractivity contribution in [2.45, 2.75) is 40.5 Å². The minimum absolute atomic E-state index is 0.103. The molecule has 0 aliphatic heterocycles. The van der Waals surface area contributed by atoms with Crippen molar-refractivity contribution in [3.8, 4) is 0 Å². The number of carbonyl (C=O) groups is 2. The van der Waals surface area contributed by atoms with E-state index in [4.69, 9.17) is 0 Å². The largest absolute Gasteiger partial charge is 0.325 e. The summed E-state index contributed by atoms with van der Waals surface area (Å²) in [4.78, 5) is 27.9. The van der Waals surface area contributed by atoms with Crippen LogP contribution in [0, 0.1) is 26.2 Å². The highest BCUT2D eigenvalue weighted by Gasteiger charge is 2.58. The number of carbonyl (C=O) groups excluding carboxylic acids is 2. The Morgan fingerprint density at radius 2 is 1.73 bits per heavy atom. The highest BCUT2D eigenvalue weighted by Crippen LogP contribution is 2.49. The van der Waals surface area contributed by atoms with Crippen LogP contribution in [0.15, 0.2) is 42.5 Å². The maximum absolute atomic E-state index is 13.2. The van der Waals surface area contributed by atoms with Gasteiger partial charge in [-0.15, -0.1) is 0 Å². The Balaban J connectivity index is 1.83. The molecule has 1 fully saturated rings. The van der Waals surface area contributed by atoms with Crippen LogP contribution in [0.25, 0.3) is 0 Å². The second-order valence-corrected chi connectivity index (χ2v) is 7.24. The van der Waals surface area contributed by atoms with E-state index in [1.165, 1.54) is 0 Å². The van der Waals surface area contributed by atoms with Crippen LogP contribution in [-0.4, -0.2) is 18.4 Å². The average molecular weight is 350 g/mol. The van der Waals surface area contributed by atoms with Crippen molar-refractivity contribution >= 4 is 23.2 Å². The maximum Gasteiger partial charge on any atom is 0.242 e. The number of amides is 2. The molecule has 0 unspecified atom stereocenters. The van der Waals surface area contributed by atoms with E-state index in [2.05, 4.69) is 5.32 Å². The summed E-state index contributed by atoms with van der Waals surface area (Å²) in [6, 6.07) is 13.8. The molecule has 1 N–H and O–H groups in total. The first-order chi connectivity index (χ1) is 12.4. The lowest BCUT2D eigenvalue weighted by Crippen LogP contribution is -2.43. The quantitative estimate of drug-likeness (QED) is 0.813. The molecule has 0 heterocycles. The van der Waals surface area contributed by atoms with Gasteiger partial charge < -0.3 is 10.2 Å². The van der Waals surface area contributed by atoms with Crippen molar-refractivity contribution in [3.05, 3.63) is 59.2 Å². The zero-order chi connectivity index (χ0) is 18.9. The zero-order valence-corrected chi connectivity index (χ0v) is 15.9. The van der Waals surface area contributed by atoms with E-state index >= 15 is 0 Å². The SMILES string of the molecule is CCN(C(=O)C1(C(=O)Nc2cc(C)ccc2C)CC1)c1cccc(C)c1. The fourth-order valence-corrected chi connectivity index (χ4v) is 3.27. The van der Waals surface area contributed by atoms with Gasteiger partial charge in [0.05, 0.1) is 0 Å². The normalized spacial score (nSPS) is 14.6. The summed E-state index contributed by atoms with van der Waals surface area (Å²) < 4.78 is 0. The zero-order valence-electron chi connectivity index (χ0n) is 15.9. The first kappa shape index (κ1) is 18.2. The van der Waals surface area contributed by atoms with Gasteiger partial charge in [-0.25, -0.2) is 0 Å². The molecule has 1 saturated carbocycles.